The van der Waals surface area contributed by atoms with Crippen LogP contribution in [0, 0.1) is 0 Å². The Labute approximate surface area is 99.8 Å². The van der Waals surface area contributed by atoms with Crippen LogP contribution in [0.25, 0.3) is 0 Å². The van der Waals surface area contributed by atoms with E-state index in [2.05, 4.69) is 15.9 Å². The predicted octanol–water partition coefficient (Wildman–Crippen LogP) is 2.23. The number of halogens is 1. The largest absolute Gasteiger partial charge is 0.450 e. The fourth-order valence-corrected chi connectivity index (χ4v) is 4.29. The molecule has 2 aliphatic rings. The average molecular weight is 293 g/mol. The maximum atomic E-state index is 11.6. The minimum atomic E-state index is -1.27. The standard InChI is InChI=1S/C10H13BrO3S/c1-15(13)7-8(11)10(14-9(7)12)5-3-2-4-6-10/h2-6H2,1H3. The molecule has 3 nitrogen and oxygen atoms in total. The summed E-state index contributed by atoms with van der Waals surface area (Å²) in [6.07, 6.45) is 6.52. The van der Waals surface area contributed by atoms with E-state index < -0.39 is 22.4 Å². The van der Waals surface area contributed by atoms with E-state index in [1.807, 2.05) is 0 Å². The molecular weight excluding hydrogens is 280 g/mol. The third-order valence-corrected chi connectivity index (χ3v) is 5.35. The molecule has 5 heteroatoms. The van der Waals surface area contributed by atoms with Gasteiger partial charge >= 0.3 is 5.97 Å². The van der Waals surface area contributed by atoms with E-state index in [9.17, 15) is 9.00 Å². The van der Waals surface area contributed by atoms with Gasteiger partial charge in [-0.1, -0.05) is 6.42 Å². The molecule has 0 aromatic rings. The summed E-state index contributed by atoms with van der Waals surface area (Å²) in [5, 5.41) is 0. The van der Waals surface area contributed by atoms with E-state index in [-0.39, 0.29) is 0 Å². The van der Waals surface area contributed by atoms with Gasteiger partial charge < -0.3 is 4.74 Å². The third-order valence-electron chi connectivity index (χ3n) is 3.02. The molecule has 15 heavy (non-hydrogen) atoms. The first-order valence-corrected chi connectivity index (χ1v) is 7.39. The van der Waals surface area contributed by atoms with E-state index in [0.29, 0.717) is 4.91 Å². The van der Waals surface area contributed by atoms with Crippen molar-refractivity contribution in [2.45, 2.75) is 37.7 Å². The van der Waals surface area contributed by atoms with E-state index in [1.165, 1.54) is 12.7 Å². The molecule has 0 bridgehead atoms. The van der Waals surface area contributed by atoms with Gasteiger partial charge in [0, 0.05) is 6.26 Å². The molecule has 1 heterocycles. The lowest BCUT2D eigenvalue weighted by Crippen LogP contribution is -2.32. The number of carbonyl (C=O) groups is 1. The predicted molar refractivity (Wildman–Crippen MR) is 61.9 cm³/mol. The van der Waals surface area contributed by atoms with Crippen molar-refractivity contribution in [2.24, 2.45) is 0 Å². The molecule has 0 N–H and O–H groups in total. The van der Waals surface area contributed by atoms with Gasteiger partial charge in [0.1, 0.15) is 10.5 Å². The highest BCUT2D eigenvalue weighted by Gasteiger charge is 2.48. The highest BCUT2D eigenvalue weighted by atomic mass is 79.9. The van der Waals surface area contributed by atoms with Crippen LogP contribution in [0.4, 0.5) is 0 Å². The van der Waals surface area contributed by atoms with Crippen molar-refractivity contribution in [3.05, 3.63) is 9.39 Å². The number of carbonyl (C=O) groups excluding carboxylic acids is 1. The first kappa shape index (κ1) is 11.3. The smallest absolute Gasteiger partial charge is 0.349 e. The second-order valence-electron chi connectivity index (χ2n) is 4.04. The molecule has 1 spiro atoms. The van der Waals surface area contributed by atoms with Gasteiger partial charge in [-0.25, -0.2) is 4.79 Å². The first-order chi connectivity index (χ1) is 7.07. The quantitative estimate of drug-likeness (QED) is 0.696. The molecule has 1 atom stereocenters. The second-order valence-corrected chi connectivity index (χ2v) is 6.15. The zero-order valence-corrected chi connectivity index (χ0v) is 10.9. The van der Waals surface area contributed by atoms with Gasteiger partial charge in [0.2, 0.25) is 0 Å². The van der Waals surface area contributed by atoms with Crippen molar-refractivity contribution < 1.29 is 13.7 Å². The SMILES string of the molecule is CS(=O)C1=C(Br)C2(CCCCC2)OC1=O. The molecule has 0 amide bonds. The summed E-state index contributed by atoms with van der Waals surface area (Å²) in [7, 11) is -1.27. The van der Waals surface area contributed by atoms with Crippen LogP contribution in [-0.2, 0) is 20.3 Å². The van der Waals surface area contributed by atoms with E-state index >= 15 is 0 Å². The highest BCUT2D eigenvalue weighted by molar-refractivity contribution is 9.12. The van der Waals surface area contributed by atoms with Gasteiger partial charge in [0.15, 0.2) is 0 Å². The normalized spacial score (nSPS) is 26.9. The Bertz CT molecular complexity index is 356. The molecule has 0 aromatic carbocycles. The van der Waals surface area contributed by atoms with E-state index in [1.54, 1.807) is 0 Å². The number of hydrogen-bond donors (Lipinski definition) is 0. The number of esters is 1. The lowest BCUT2D eigenvalue weighted by molar-refractivity contribution is -0.148. The minimum Gasteiger partial charge on any atom is -0.450 e. The molecule has 1 aliphatic heterocycles. The Balaban J connectivity index is 2.38. The van der Waals surface area contributed by atoms with Crippen LogP contribution < -0.4 is 0 Å². The molecule has 1 saturated carbocycles. The van der Waals surface area contributed by atoms with Gasteiger partial charge in [-0.3, -0.25) is 4.21 Å². The number of rotatable bonds is 1. The van der Waals surface area contributed by atoms with Gasteiger partial charge in [-0.05, 0) is 41.6 Å². The van der Waals surface area contributed by atoms with Crippen LogP contribution in [0.15, 0.2) is 9.39 Å². The average Bonchev–Trinajstić information content (AvgIpc) is 2.40. The Hall–Kier alpha value is -0.160. The topological polar surface area (TPSA) is 43.4 Å². The first-order valence-electron chi connectivity index (χ1n) is 5.04. The van der Waals surface area contributed by atoms with Crippen LogP contribution in [0.5, 0.6) is 0 Å². The summed E-state index contributed by atoms with van der Waals surface area (Å²) >= 11 is 3.41. The van der Waals surface area contributed by atoms with Crippen molar-refractivity contribution in [1.29, 1.82) is 0 Å². The van der Waals surface area contributed by atoms with Crippen LogP contribution in [-0.4, -0.2) is 22.0 Å². The fourth-order valence-electron chi connectivity index (χ4n) is 2.25. The van der Waals surface area contributed by atoms with Crippen LogP contribution in [0.3, 0.4) is 0 Å². The number of ether oxygens (including phenoxy) is 1. The van der Waals surface area contributed by atoms with Crippen molar-refractivity contribution in [3.63, 3.8) is 0 Å². The Morgan fingerprint density at radius 2 is 1.93 bits per heavy atom. The molecule has 1 aliphatic carbocycles. The van der Waals surface area contributed by atoms with Crippen LogP contribution >= 0.6 is 15.9 Å². The van der Waals surface area contributed by atoms with E-state index in [0.717, 1.165) is 30.2 Å². The Morgan fingerprint density at radius 1 is 1.33 bits per heavy atom. The number of hydrogen-bond acceptors (Lipinski definition) is 3. The molecular formula is C10H13BrO3S. The van der Waals surface area contributed by atoms with Crippen molar-refractivity contribution in [2.75, 3.05) is 6.26 Å². The van der Waals surface area contributed by atoms with Crippen molar-refractivity contribution >= 4 is 32.7 Å². The second kappa shape index (κ2) is 4.01. The monoisotopic (exact) mass is 292 g/mol. The molecule has 0 radical (unpaired) electrons. The zero-order valence-electron chi connectivity index (χ0n) is 8.55. The Kier molecular flexibility index (Phi) is 3.03. The Morgan fingerprint density at radius 3 is 2.40 bits per heavy atom. The summed E-state index contributed by atoms with van der Waals surface area (Å²) in [5.41, 5.74) is -0.490. The van der Waals surface area contributed by atoms with Crippen LogP contribution in [0.2, 0.25) is 0 Å². The maximum Gasteiger partial charge on any atom is 0.349 e. The molecule has 0 aromatic heterocycles. The molecule has 1 fully saturated rings. The van der Waals surface area contributed by atoms with Gasteiger partial charge in [-0.2, -0.15) is 0 Å². The van der Waals surface area contributed by atoms with Crippen molar-refractivity contribution in [1.82, 2.24) is 0 Å². The molecule has 0 saturated heterocycles. The highest BCUT2D eigenvalue weighted by Crippen LogP contribution is 2.46. The van der Waals surface area contributed by atoms with Crippen molar-refractivity contribution in [3.8, 4) is 0 Å². The molecule has 1 unspecified atom stereocenters. The molecule has 84 valence electrons. The van der Waals surface area contributed by atoms with Crippen LogP contribution in [0.1, 0.15) is 32.1 Å². The summed E-state index contributed by atoms with van der Waals surface area (Å²) in [6.45, 7) is 0. The lowest BCUT2D eigenvalue weighted by atomic mass is 9.85. The lowest BCUT2D eigenvalue weighted by Gasteiger charge is -2.32. The van der Waals surface area contributed by atoms with E-state index in [4.69, 9.17) is 4.74 Å². The fraction of sp³-hybridized carbons (Fsp3) is 0.700. The minimum absolute atomic E-state index is 0.317. The van der Waals surface area contributed by atoms with Gasteiger partial charge in [0.25, 0.3) is 0 Å². The summed E-state index contributed by atoms with van der Waals surface area (Å²) < 4.78 is 17.6. The zero-order chi connectivity index (χ0) is 11.1. The third kappa shape index (κ3) is 1.80. The summed E-state index contributed by atoms with van der Waals surface area (Å²) in [4.78, 5) is 11.9. The van der Waals surface area contributed by atoms with Gasteiger partial charge in [-0.15, -0.1) is 0 Å². The maximum absolute atomic E-state index is 11.6. The van der Waals surface area contributed by atoms with Gasteiger partial charge in [0.05, 0.1) is 15.3 Å². The molecule has 2 rings (SSSR count). The summed E-state index contributed by atoms with van der Waals surface area (Å²) in [6, 6.07) is 0. The summed E-state index contributed by atoms with van der Waals surface area (Å²) in [5.74, 6) is -0.412.